The molecule has 0 unspecified atom stereocenters. The Labute approximate surface area is 180 Å². The van der Waals surface area contributed by atoms with Gasteiger partial charge in [-0.15, -0.1) is 17.9 Å². The maximum atomic E-state index is 13.2. The highest BCUT2D eigenvalue weighted by atomic mass is 32.2. The highest BCUT2D eigenvalue weighted by molar-refractivity contribution is 7.99. The van der Waals surface area contributed by atoms with Gasteiger partial charge in [0, 0.05) is 17.5 Å². The van der Waals surface area contributed by atoms with Gasteiger partial charge in [0.15, 0.2) is 5.16 Å². The molecule has 2 aromatic rings. The fraction of sp³-hybridized carbons (Fsp3) is 0.591. The summed E-state index contributed by atoms with van der Waals surface area (Å²) in [5, 5.41) is 4.60. The van der Waals surface area contributed by atoms with Gasteiger partial charge in [-0.3, -0.25) is 14.2 Å². The number of thioether (sulfide) groups is 1. The summed E-state index contributed by atoms with van der Waals surface area (Å²) in [5.41, 5.74) is 1.21. The van der Waals surface area contributed by atoms with Gasteiger partial charge in [-0.05, 0) is 50.0 Å². The predicted octanol–water partition coefficient (Wildman–Crippen LogP) is 4.31. The first kappa shape index (κ1) is 20.7. The van der Waals surface area contributed by atoms with Gasteiger partial charge in [0.2, 0.25) is 5.91 Å². The minimum Gasteiger partial charge on any atom is -0.352 e. The Kier molecular flexibility index (Phi) is 6.44. The lowest BCUT2D eigenvalue weighted by Gasteiger charge is -2.29. The molecule has 5 nitrogen and oxygen atoms in total. The quantitative estimate of drug-likeness (QED) is 0.421. The second kappa shape index (κ2) is 9.04. The SMILES string of the molecule is C=CCn1c(SCC(=O)N[C@H]2CCCC[C@H]2C)nc2sc3c(c2c1=O)CCCC3. The van der Waals surface area contributed by atoms with E-state index in [2.05, 4.69) is 18.8 Å². The lowest BCUT2D eigenvalue weighted by atomic mass is 9.86. The minimum atomic E-state index is 0.0121. The van der Waals surface area contributed by atoms with Crippen LogP contribution >= 0.6 is 23.1 Å². The number of rotatable bonds is 6. The van der Waals surface area contributed by atoms with Gasteiger partial charge in [-0.1, -0.05) is 37.6 Å². The third-order valence-corrected chi connectivity index (χ3v) is 8.30. The first-order valence-corrected chi connectivity index (χ1v) is 12.5. The Bertz CT molecular complexity index is 979. The lowest BCUT2D eigenvalue weighted by Crippen LogP contribution is -2.41. The van der Waals surface area contributed by atoms with Crippen LogP contribution in [0, 0.1) is 5.92 Å². The number of nitrogens with one attached hydrogen (secondary N) is 1. The van der Waals surface area contributed by atoms with Gasteiger partial charge in [0.25, 0.3) is 5.56 Å². The Hall–Kier alpha value is -1.60. The van der Waals surface area contributed by atoms with Gasteiger partial charge in [0.05, 0.1) is 11.1 Å². The third-order valence-electron chi connectivity index (χ3n) is 6.14. The van der Waals surface area contributed by atoms with E-state index in [0.29, 0.717) is 17.6 Å². The molecule has 2 aliphatic rings. The molecule has 2 atom stereocenters. The van der Waals surface area contributed by atoms with Gasteiger partial charge in [0.1, 0.15) is 4.83 Å². The zero-order valence-electron chi connectivity index (χ0n) is 17.0. The fourth-order valence-electron chi connectivity index (χ4n) is 4.53. The van der Waals surface area contributed by atoms with E-state index in [1.54, 1.807) is 22.0 Å². The Morgan fingerprint density at radius 2 is 2.10 bits per heavy atom. The van der Waals surface area contributed by atoms with E-state index in [9.17, 15) is 9.59 Å². The number of fused-ring (bicyclic) bond motifs is 3. The predicted molar refractivity (Wildman–Crippen MR) is 121 cm³/mol. The molecule has 0 radical (unpaired) electrons. The van der Waals surface area contributed by atoms with E-state index < -0.39 is 0 Å². The Balaban J connectivity index is 1.56. The van der Waals surface area contributed by atoms with E-state index in [4.69, 9.17) is 4.98 Å². The summed E-state index contributed by atoms with van der Waals surface area (Å²) in [6.45, 7) is 6.43. The summed E-state index contributed by atoms with van der Waals surface area (Å²) >= 11 is 3.01. The molecule has 156 valence electrons. The van der Waals surface area contributed by atoms with Crippen LogP contribution in [-0.4, -0.2) is 27.3 Å². The van der Waals surface area contributed by atoms with Gasteiger partial charge >= 0.3 is 0 Å². The van der Waals surface area contributed by atoms with Gasteiger partial charge < -0.3 is 5.32 Å². The molecule has 0 spiro atoms. The number of thiophene rings is 1. The summed E-state index contributed by atoms with van der Waals surface area (Å²) in [5.74, 6) is 0.839. The molecule has 0 bridgehead atoms. The van der Waals surface area contributed by atoms with Crippen molar-refractivity contribution >= 4 is 39.2 Å². The van der Waals surface area contributed by atoms with Crippen molar-refractivity contribution in [1.29, 1.82) is 0 Å². The number of amides is 1. The van der Waals surface area contributed by atoms with Crippen molar-refractivity contribution in [3.8, 4) is 0 Å². The molecule has 0 aliphatic heterocycles. The number of carbonyl (C=O) groups is 1. The van der Waals surface area contributed by atoms with Crippen LogP contribution in [0.2, 0.25) is 0 Å². The Morgan fingerprint density at radius 1 is 1.31 bits per heavy atom. The summed E-state index contributed by atoms with van der Waals surface area (Å²) in [6.07, 6.45) is 10.7. The molecule has 1 N–H and O–H groups in total. The van der Waals surface area contributed by atoms with Crippen molar-refractivity contribution in [3.63, 3.8) is 0 Å². The second-order valence-electron chi connectivity index (χ2n) is 8.21. The fourth-order valence-corrected chi connectivity index (χ4v) is 6.65. The molecule has 7 heteroatoms. The number of hydrogen-bond acceptors (Lipinski definition) is 5. The number of aryl methyl sites for hydroxylation is 2. The number of hydrogen-bond donors (Lipinski definition) is 1. The monoisotopic (exact) mass is 431 g/mol. The maximum Gasteiger partial charge on any atom is 0.263 e. The average Bonchev–Trinajstić information content (AvgIpc) is 3.09. The molecule has 1 fully saturated rings. The third kappa shape index (κ3) is 4.31. The van der Waals surface area contributed by atoms with Crippen molar-refractivity contribution in [3.05, 3.63) is 33.4 Å². The largest absolute Gasteiger partial charge is 0.352 e. The highest BCUT2D eigenvalue weighted by Crippen LogP contribution is 2.34. The molecule has 0 aromatic carbocycles. The van der Waals surface area contributed by atoms with E-state index in [0.717, 1.165) is 35.9 Å². The van der Waals surface area contributed by atoms with Crippen LogP contribution in [0.15, 0.2) is 22.6 Å². The molecule has 2 aliphatic carbocycles. The van der Waals surface area contributed by atoms with Crippen LogP contribution in [0.1, 0.15) is 55.9 Å². The van der Waals surface area contributed by atoms with E-state index in [1.165, 1.54) is 47.9 Å². The van der Waals surface area contributed by atoms with Crippen molar-refractivity contribution < 1.29 is 4.79 Å². The van der Waals surface area contributed by atoms with Gasteiger partial charge in [-0.25, -0.2) is 4.98 Å². The first-order valence-electron chi connectivity index (χ1n) is 10.7. The first-order chi connectivity index (χ1) is 14.1. The molecule has 2 aromatic heterocycles. The molecule has 2 heterocycles. The summed E-state index contributed by atoms with van der Waals surface area (Å²) in [6, 6.07) is 0.270. The zero-order chi connectivity index (χ0) is 20.4. The van der Waals surface area contributed by atoms with Crippen molar-refractivity contribution in [2.24, 2.45) is 5.92 Å². The van der Waals surface area contributed by atoms with Crippen molar-refractivity contribution in [1.82, 2.24) is 14.9 Å². The normalized spacial score (nSPS) is 21.7. The average molecular weight is 432 g/mol. The van der Waals surface area contributed by atoms with E-state index in [1.807, 2.05) is 0 Å². The maximum absolute atomic E-state index is 13.2. The minimum absolute atomic E-state index is 0.0121. The van der Waals surface area contributed by atoms with E-state index >= 15 is 0 Å². The van der Waals surface area contributed by atoms with Crippen LogP contribution in [0.3, 0.4) is 0 Å². The number of nitrogens with zero attached hydrogens (tertiary/aromatic N) is 2. The topological polar surface area (TPSA) is 64.0 Å². The van der Waals surface area contributed by atoms with E-state index in [-0.39, 0.29) is 23.3 Å². The summed E-state index contributed by atoms with van der Waals surface area (Å²) < 4.78 is 1.68. The molecule has 4 rings (SSSR count). The van der Waals surface area contributed by atoms with Crippen LogP contribution in [0.4, 0.5) is 0 Å². The van der Waals surface area contributed by atoms with Crippen molar-refractivity contribution in [2.75, 3.05) is 5.75 Å². The zero-order valence-corrected chi connectivity index (χ0v) is 18.7. The Morgan fingerprint density at radius 3 is 2.90 bits per heavy atom. The van der Waals surface area contributed by atoms with Gasteiger partial charge in [-0.2, -0.15) is 0 Å². The van der Waals surface area contributed by atoms with Crippen molar-refractivity contribution in [2.45, 2.75) is 76.0 Å². The molecule has 1 saturated carbocycles. The molecule has 1 amide bonds. The molecule has 29 heavy (non-hydrogen) atoms. The van der Waals surface area contributed by atoms with Crippen LogP contribution < -0.4 is 10.9 Å². The number of carbonyl (C=O) groups excluding carboxylic acids is 1. The number of allylic oxidation sites excluding steroid dienone is 1. The summed E-state index contributed by atoms with van der Waals surface area (Å²) in [7, 11) is 0. The van der Waals surface area contributed by atoms with Crippen LogP contribution in [-0.2, 0) is 24.2 Å². The summed E-state index contributed by atoms with van der Waals surface area (Å²) in [4.78, 5) is 32.7. The standard InChI is InChI=1S/C22H29N3O2S2/c1-3-12-25-21(27)19-15-9-5-7-11-17(15)29-20(19)24-22(25)28-13-18(26)23-16-10-6-4-8-14(16)2/h3,14,16H,1,4-13H2,2H3,(H,23,26)/t14-,16+/m1/s1. The highest BCUT2D eigenvalue weighted by Gasteiger charge is 2.24. The van der Waals surface area contributed by atoms with Crippen LogP contribution in [0.5, 0.6) is 0 Å². The number of aromatic nitrogens is 2. The smallest absolute Gasteiger partial charge is 0.263 e. The molecular formula is C22H29N3O2S2. The second-order valence-corrected chi connectivity index (χ2v) is 10.2. The molecular weight excluding hydrogens is 402 g/mol. The lowest BCUT2D eigenvalue weighted by molar-refractivity contribution is -0.119. The molecule has 0 saturated heterocycles. The van der Waals surface area contributed by atoms with Crippen LogP contribution in [0.25, 0.3) is 10.2 Å².